The van der Waals surface area contributed by atoms with Gasteiger partial charge in [-0.05, 0) is 38.1 Å². The van der Waals surface area contributed by atoms with Crippen molar-refractivity contribution in [2.45, 2.75) is 58.4 Å². The predicted molar refractivity (Wildman–Crippen MR) is 77.0 cm³/mol. The van der Waals surface area contributed by atoms with Gasteiger partial charge in [0, 0.05) is 18.0 Å². The first kappa shape index (κ1) is 15.8. The molecule has 0 bridgehead atoms. The molecule has 1 heterocycles. The lowest BCUT2D eigenvalue weighted by molar-refractivity contribution is -0.132. The summed E-state index contributed by atoms with van der Waals surface area (Å²) < 4.78 is 0. The Hall–Kier alpha value is -0.280. The smallest absolute Gasteiger partial charge is 0.226 e. The molecule has 0 aromatic rings. The first-order valence-corrected chi connectivity index (χ1v) is 7.14. The first-order chi connectivity index (χ1) is 8.12. The third kappa shape index (κ3) is 3.61. The highest BCUT2D eigenvalue weighted by Gasteiger charge is 2.41. The highest BCUT2D eigenvalue weighted by molar-refractivity contribution is 5.85. The van der Waals surface area contributed by atoms with Gasteiger partial charge >= 0.3 is 0 Å². The van der Waals surface area contributed by atoms with E-state index in [1.54, 1.807) is 0 Å². The average Bonchev–Trinajstić information content (AvgIpc) is 2.88. The quantitative estimate of drug-likeness (QED) is 0.827. The van der Waals surface area contributed by atoms with Crippen LogP contribution < -0.4 is 10.6 Å². The van der Waals surface area contributed by atoms with Crippen LogP contribution in [0.15, 0.2) is 0 Å². The molecule has 2 N–H and O–H groups in total. The van der Waals surface area contributed by atoms with E-state index in [1.807, 2.05) is 0 Å². The molecule has 3 nitrogen and oxygen atoms in total. The van der Waals surface area contributed by atoms with Gasteiger partial charge in [0.1, 0.15) is 0 Å². The van der Waals surface area contributed by atoms with E-state index >= 15 is 0 Å². The molecule has 2 rings (SSSR count). The van der Waals surface area contributed by atoms with Crippen LogP contribution >= 0.6 is 12.4 Å². The minimum atomic E-state index is -0.0449. The zero-order valence-corrected chi connectivity index (χ0v) is 12.4. The fourth-order valence-corrected chi connectivity index (χ4v) is 3.47. The van der Waals surface area contributed by atoms with Gasteiger partial charge in [0.2, 0.25) is 5.91 Å². The minimum Gasteiger partial charge on any atom is -0.352 e. The summed E-state index contributed by atoms with van der Waals surface area (Å²) in [5.41, 5.74) is -0.0449. The van der Waals surface area contributed by atoms with Crippen LogP contribution in [0.5, 0.6) is 0 Å². The summed E-state index contributed by atoms with van der Waals surface area (Å²) in [6.07, 6.45) is 6.78. The van der Waals surface area contributed by atoms with E-state index in [2.05, 4.69) is 24.5 Å². The van der Waals surface area contributed by atoms with Crippen molar-refractivity contribution >= 4 is 18.3 Å². The van der Waals surface area contributed by atoms with Crippen molar-refractivity contribution in [3.63, 3.8) is 0 Å². The summed E-state index contributed by atoms with van der Waals surface area (Å²) in [6.45, 7) is 6.45. The van der Waals surface area contributed by atoms with Crippen LogP contribution in [0.2, 0.25) is 0 Å². The van der Waals surface area contributed by atoms with Gasteiger partial charge in [-0.15, -0.1) is 12.4 Å². The Morgan fingerprint density at radius 1 is 1.39 bits per heavy atom. The molecule has 1 aliphatic carbocycles. The van der Waals surface area contributed by atoms with Crippen molar-refractivity contribution in [1.82, 2.24) is 10.6 Å². The summed E-state index contributed by atoms with van der Waals surface area (Å²) in [4.78, 5) is 12.5. The van der Waals surface area contributed by atoms with Gasteiger partial charge in [-0.25, -0.2) is 0 Å². The zero-order valence-electron chi connectivity index (χ0n) is 11.6. The molecule has 1 saturated heterocycles. The topological polar surface area (TPSA) is 41.1 Å². The van der Waals surface area contributed by atoms with Crippen LogP contribution in [-0.2, 0) is 4.79 Å². The van der Waals surface area contributed by atoms with Crippen LogP contribution in [0.1, 0.15) is 52.4 Å². The van der Waals surface area contributed by atoms with E-state index in [4.69, 9.17) is 0 Å². The molecule has 0 spiro atoms. The number of amides is 1. The summed E-state index contributed by atoms with van der Waals surface area (Å²) in [6, 6.07) is 0.368. The number of carbonyl (C=O) groups is 1. The molecular formula is C14H27ClN2O. The minimum absolute atomic E-state index is 0. The van der Waals surface area contributed by atoms with Crippen molar-refractivity contribution in [2.75, 3.05) is 13.1 Å². The average molecular weight is 275 g/mol. The molecule has 1 amide bonds. The molecule has 0 aromatic carbocycles. The Labute approximate surface area is 117 Å². The van der Waals surface area contributed by atoms with Gasteiger partial charge in [-0.2, -0.15) is 0 Å². The number of rotatable bonds is 4. The van der Waals surface area contributed by atoms with Crippen LogP contribution in [0.25, 0.3) is 0 Å². The van der Waals surface area contributed by atoms with Gasteiger partial charge in [0.25, 0.3) is 0 Å². The molecule has 0 aromatic heterocycles. The number of hydrogen-bond donors (Lipinski definition) is 2. The Morgan fingerprint density at radius 2 is 2.06 bits per heavy atom. The Kier molecular flexibility index (Phi) is 5.93. The molecular weight excluding hydrogens is 248 g/mol. The Morgan fingerprint density at radius 3 is 2.56 bits per heavy atom. The van der Waals surface area contributed by atoms with E-state index in [0.717, 1.165) is 38.8 Å². The second kappa shape index (κ2) is 6.76. The van der Waals surface area contributed by atoms with Crippen molar-refractivity contribution in [3.05, 3.63) is 0 Å². The number of halogens is 1. The number of nitrogens with one attached hydrogen (secondary N) is 2. The second-order valence-corrected chi connectivity index (χ2v) is 6.25. The maximum absolute atomic E-state index is 12.5. The highest BCUT2D eigenvalue weighted by atomic mass is 35.5. The Bertz CT molecular complexity index is 269. The molecule has 106 valence electrons. The molecule has 18 heavy (non-hydrogen) atoms. The first-order valence-electron chi connectivity index (χ1n) is 7.14. The predicted octanol–water partition coefficient (Wildman–Crippen LogP) is 2.49. The lowest BCUT2D eigenvalue weighted by Crippen LogP contribution is -2.45. The molecule has 2 aliphatic rings. The summed E-state index contributed by atoms with van der Waals surface area (Å²) >= 11 is 0. The van der Waals surface area contributed by atoms with Gasteiger partial charge < -0.3 is 10.6 Å². The monoisotopic (exact) mass is 274 g/mol. The molecule has 1 saturated carbocycles. The fraction of sp³-hybridized carbons (Fsp3) is 0.929. The van der Waals surface area contributed by atoms with Crippen molar-refractivity contribution in [2.24, 2.45) is 11.3 Å². The summed E-state index contributed by atoms with van der Waals surface area (Å²) in [5.74, 6) is 0.943. The van der Waals surface area contributed by atoms with Crippen molar-refractivity contribution in [1.29, 1.82) is 0 Å². The third-order valence-electron chi connectivity index (χ3n) is 4.24. The van der Waals surface area contributed by atoms with Gasteiger partial charge in [-0.3, -0.25) is 4.79 Å². The Balaban J connectivity index is 0.00000162. The van der Waals surface area contributed by atoms with E-state index < -0.39 is 0 Å². The molecule has 0 radical (unpaired) electrons. The molecule has 1 aliphatic heterocycles. The highest BCUT2D eigenvalue weighted by Crippen LogP contribution is 2.43. The number of carbonyl (C=O) groups excluding carboxylic acids is 1. The van der Waals surface area contributed by atoms with Crippen LogP contribution in [0.3, 0.4) is 0 Å². The normalized spacial score (nSPS) is 26.1. The van der Waals surface area contributed by atoms with Crippen LogP contribution in [0.4, 0.5) is 0 Å². The van der Waals surface area contributed by atoms with E-state index in [-0.39, 0.29) is 17.8 Å². The molecule has 1 atom stereocenters. The fourth-order valence-electron chi connectivity index (χ4n) is 3.47. The lowest BCUT2D eigenvalue weighted by atomic mass is 9.77. The molecule has 2 fully saturated rings. The summed E-state index contributed by atoms with van der Waals surface area (Å²) in [7, 11) is 0. The molecule has 4 heteroatoms. The van der Waals surface area contributed by atoms with E-state index in [1.165, 1.54) is 12.8 Å². The van der Waals surface area contributed by atoms with E-state index in [9.17, 15) is 4.79 Å². The lowest BCUT2D eigenvalue weighted by Gasteiger charge is -2.30. The molecule has 1 unspecified atom stereocenters. The van der Waals surface area contributed by atoms with Gasteiger partial charge in [0.15, 0.2) is 0 Å². The zero-order chi connectivity index (χ0) is 12.3. The van der Waals surface area contributed by atoms with Crippen LogP contribution in [0, 0.1) is 11.3 Å². The van der Waals surface area contributed by atoms with Crippen LogP contribution in [-0.4, -0.2) is 25.0 Å². The maximum Gasteiger partial charge on any atom is 0.226 e. The van der Waals surface area contributed by atoms with Gasteiger partial charge in [-0.1, -0.05) is 26.7 Å². The SMILES string of the molecule is CC(C)CC1(C(=O)NC2CCNC2)CCCC1.Cl. The second-order valence-electron chi connectivity index (χ2n) is 6.25. The summed E-state index contributed by atoms with van der Waals surface area (Å²) in [5, 5.41) is 6.57. The maximum atomic E-state index is 12.5. The van der Waals surface area contributed by atoms with Gasteiger partial charge in [0.05, 0.1) is 0 Å². The number of hydrogen-bond acceptors (Lipinski definition) is 2. The largest absolute Gasteiger partial charge is 0.352 e. The third-order valence-corrected chi connectivity index (χ3v) is 4.24. The van der Waals surface area contributed by atoms with Crippen molar-refractivity contribution < 1.29 is 4.79 Å². The van der Waals surface area contributed by atoms with Crippen molar-refractivity contribution in [3.8, 4) is 0 Å². The van der Waals surface area contributed by atoms with E-state index in [0.29, 0.717) is 17.9 Å². The standard InChI is InChI=1S/C14H26N2O.ClH/c1-11(2)9-14(6-3-4-7-14)13(17)16-12-5-8-15-10-12;/h11-12,15H,3-10H2,1-2H3,(H,16,17);1H.